The van der Waals surface area contributed by atoms with Crippen molar-refractivity contribution < 1.29 is 0 Å². The minimum Gasteiger partial charge on any atom is -0.347 e. The molecule has 0 saturated carbocycles. The third-order valence-corrected chi connectivity index (χ3v) is 3.66. The molecule has 17 heavy (non-hydrogen) atoms. The number of hydrogen-bond acceptors (Lipinski definition) is 3. The molecule has 0 aliphatic rings. The van der Waals surface area contributed by atoms with E-state index in [0.717, 1.165) is 11.7 Å². The normalized spacial score (nSPS) is 10.8. The van der Waals surface area contributed by atoms with Crippen molar-refractivity contribution in [2.75, 3.05) is 11.9 Å². The molecule has 0 bridgehead atoms. The monoisotopic (exact) mass is 246 g/mol. The fourth-order valence-corrected chi connectivity index (χ4v) is 2.60. The number of benzene rings is 1. The van der Waals surface area contributed by atoms with Crippen LogP contribution < -0.4 is 4.90 Å². The molecular formula is C14H18N2S. The molecule has 0 aliphatic carbocycles. The zero-order valence-electron chi connectivity index (χ0n) is 10.6. The van der Waals surface area contributed by atoms with Crippen molar-refractivity contribution in [2.45, 2.75) is 26.3 Å². The molecule has 0 N–H and O–H groups in total. The number of anilines is 1. The van der Waals surface area contributed by atoms with Crippen LogP contribution in [-0.2, 0) is 6.54 Å². The Labute approximate surface area is 107 Å². The Morgan fingerprint density at radius 1 is 1.24 bits per heavy atom. The third-order valence-electron chi connectivity index (χ3n) is 2.69. The van der Waals surface area contributed by atoms with Crippen LogP contribution >= 0.6 is 11.3 Å². The first-order chi connectivity index (χ1) is 8.16. The molecule has 3 heteroatoms. The summed E-state index contributed by atoms with van der Waals surface area (Å²) in [7, 11) is 2.09. The van der Waals surface area contributed by atoms with Gasteiger partial charge in [-0.25, -0.2) is 4.98 Å². The minimum atomic E-state index is 0.505. The standard InChI is InChI=1S/C14H18N2S/c1-11(2)13-10-17-14(15-13)16(3)9-12-7-5-4-6-8-12/h4-8,10-11H,9H2,1-3H3. The van der Waals surface area contributed by atoms with Gasteiger partial charge in [-0.1, -0.05) is 44.2 Å². The van der Waals surface area contributed by atoms with Crippen LogP contribution in [0.15, 0.2) is 35.7 Å². The molecule has 90 valence electrons. The van der Waals surface area contributed by atoms with E-state index >= 15 is 0 Å². The van der Waals surface area contributed by atoms with Crippen molar-refractivity contribution >= 4 is 16.5 Å². The molecule has 2 nitrogen and oxygen atoms in total. The molecule has 1 aromatic carbocycles. The fraction of sp³-hybridized carbons (Fsp3) is 0.357. The van der Waals surface area contributed by atoms with E-state index in [-0.39, 0.29) is 0 Å². The minimum absolute atomic E-state index is 0.505. The van der Waals surface area contributed by atoms with E-state index in [1.54, 1.807) is 11.3 Å². The van der Waals surface area contributed by atoms with E-state index in [9.17, 15) is 0 Å². The van der Waals surface area contributed by atoms with Gasteiger partial charge in [0.1, 0.15) is 0 Å². The van der Waals surface area contributed by atoms with Crippen molar-refractivity contribution in [1.29, 1.82) is 0 Å². The molecule has 0 radical (unpaired) electrons. The Hall–Kier alpha value is -1.35. The van der Waals surface area contributed by atoms with Crippen LogP contribution in [-0.4, -0.2) is 12.0 Å². The number of hydrogen-bond donors (Lipinski definition) is 0. The summed E-state index contributed by atoms with van der Waals surface area (Å²) in [5.74, 6) is 0.505. The lowest BCUT2D eigenvalue weighted by Gasteiger charge is -2.15. The van der Waals surface area contributed by atoms with Crippen LogP contribution in [0.5, 0.6) is 0 Å². The van der Waals surface area contributed by atoms with Gasteiger partial charge in [-0.3, -0.25) is 0 Å². The molecule has 0 aliphatic heterocycles. The first-order valence-electron chi connectivity index (χ1n) is 5.87. The predicted octanol–water partition coefficient (Wildman–Crippen LogP) is 3.90. The summed E-state index contributed by atoms with van der Waals surface area (Å²) >= 11 is 1.72. The molecule has 1 heterocycles. The van der Waals surface area contributed by atoms with Gasteiger partial charge in [-0.05, 0) is 11.5 Å². The summed E-state index contributed by atoms with van der Waals surface area (Å²) in [6, 6.07) is 10.5. The van der Waals surface area contributed by atoms with Crippen molar-refractivity contribution in [3.8, 4) is 0 Å². The Bertz CT molecular complexity index is 462. The lowest BCUT2D eigenvalue weighted by Crippen LogP contribution is -2.16. The van der Waals surface area contributed by atoms with E-state index in [1.807, 2.05) is 6.07 Å². The number of nitrogens with zero attached hydrogens (tertiary/aromatic N) is 2. The molecule has 2 rings (SSSR count). The maximum absolute atomic E-state index is 4.65. The molecule has 0 saturated heterocycles. The second-order valence-electron chi connectivity index (χ2n) is 4.55. The van der Waals surface area contributed by atoms with Crippen molar-refractivity contribution in [2.24, 2.45) is 0 Å². The third kappa shape index (κ3) is 3.07. The summed E-state index contributed by atoms with van der Waals surface area (Å²) in [5.41, 5.74) is 2.50. The van der Waals surface area contributed by atoms with Crippen LogP contribution in [0.1, 0.15) is 31.0 Å². The van der Waals surface area contributed by atoms with Gasteiger partial charge in [-0.15, -0.1) is 11.3 Å². The number of aromatic nitrogens is 1. The molecule has 0 amide bonds. The highest BCUT2D eigenvalue weighted by Crippen LogP contribution is 2.24. The van der Waals surface area contributed by atoms with Gasteiger partial charge in [0.05, 0.1) is 5.69 Å². The van der Waals surface area contributed by atoms with Gasteiger partial charge in [-0.2, -0.15) is 0 Å². The van der Waals surface area contributed by atoms with E-state index in [2.05, 4.69) is 60.4 Å². The van der Waals surface area contributed by atoms with Crippen molar-refractivity contribution in [3.63, 3.8) is 0 Å². The maximum atomic E-state index is 4.65. The summed E-state index contributed by atoms with van der Waals surface area (Å²) in [4.78, 5) is 6.85. The van der Waals surface area contributed by atoms with Crippen molar-refractivity contribution in [3.05, 3.63) is 47.0 Å². The van der Waals surface area contributed by atoms with E-state index in [4.69, 9.17) is 0 Å². The van der Waals surface area contributed by atoms with Gasteiger partial charge in [0, 0.05) is 19.0 Å². The first kappa shape index (κ1) is 12.1. The first-order valence-corrected chi connectivity index (χ1v) is 6.75. The van der Waals surface area contributed by atoms with E-state index < -0.39 is 0 Å². The average Bonchev–Trinajstić information content (AvgIpc) is 2.79. The van der Waals surface area contributed by atoms with Gasteiger partial charge < -0.3 is 4.90 Å². The van der Waals surface area contributed by atoms with Crippen LogP contribution in [0.4, 0.5) is 5.13 Å². The van der Waals surface area contributed by atoms with Crippen LogP contribution in [0, 0.1) is 0 Å². The molecule has 0 spiro atoms. The summed E-state index contributed by atoms with van der Waals surface area (Å²) in [5, 5.41) is 3.25. The second kappa shape index (κ2) is 5.32. The molecule has 0 atom stereocenters. The van der Waals surface area contributed by atoms with Crippen LogP contribution in [0.2, 0.25) is 0 Å². The van der Waals surface area contributed by atoms with Gasteiger partial charge >= 0.3 is 0 Å². The Morgan fingerprint density at radius 3 is 2.53 bits per heavy atom. The Balaban J connectivity index is 2.07. The lowest BCUT2D eigenvalue weighted by atomic mass is 10.2. The maximum Gasteiger partial charge on any atom is 0.185 e. The molecule has 1 aromatic heterocycles. The number of thiazole rings is 1. The second-order valence-corrected chi connectivity index (χ2v) is 5.39. The SMILES string of the molecule is CC(C)c1csc(N(C)Cc2ccccc2)n1. The van der Waals surface area contributed by atoms with Crippen LogP contribution in [0.3, 0.4) is 0 Å². The average molecular weight is 246 g/mol. The Morgan fingerprint density at radius 2 is 1.94 bits per heavy atom. The van der Waals surface area contributed by atoms with Gasteiger partial charge in [0.15, 0.2) is 5.13 Å². The van der Waals surface area contributed by atoms with Gasteiger partial charge in [0.2, 0.25) is 0 Å². The molecule has 0 fully saturated rings. The predicted molar refractivity (Wildman–Crippen MR) is 74.8 cm³/mol. The highest BCUT2D eigenvalue weighted by molar-refractivity contribution is 7.13. The summed E-state index contributed by atoms with van der Waals surface area (Å²) in [6.45, 7) is 5.26. The largest absolute Gasteiger partial charge is 0.347 e. The van der Waals surface area contributed by atoms with E-state index in [0.29, 0.717) is 5.92 Å². The smallest absolute Gasteiger partial charge is 0.185 e. The van der Waals surface area contributed by atoms with Gasteiger partial charge in [0.25, 0.3) is 0 Å². The molecule has 2 aromatic rings. The fourth-order valence-electron chi connectivity index (χ4n) is 1.64. The van der Waals surface area contributed by atoms with Crippen molar-refractivity contribution in [1.82, 2.24) is 4.98 Å². The highest BCUT2D eigenvalue weighted by Gasteiger charge is 2.09. The topological polar surface area (TPSA) is 16.1 Å². The summed E-state index contributed by atoms with van der Waals surface area (Å²) < 4.78 is 0. The highest BCUT2D eigenvalue weighted by atomic mass is 32.1. The molecule has 0 unspecified atom stereocenters. The van der Waals surface area contributed by atoms with Crippen LogP contribution in [0.25, 0.3) is 0 Å². The quantitative estimate of drug-likeness (QED) is 0.813. The zero-order valence-corrected chi connectivity index (χ0v) is 11.4. The summed E-state index contributed by atoms with van der Waals surface area (Å²) in [6.07, 6.45) is 0. The lowest BCUT2D eigenvalue weighted by molar-refractivity contribution is 0.822. The number of rotatable bonds is 4. The molecular weight excluding hydrogens is 228 g/mol. The zero-order chi connectivity index (χ0) is 12.3. The van der Waals surface area contributed by atoms with E-state index in [1.165, 1.54) is 11.3 Å². The Kier molecular flexibility index (Phi) is 3.79.